The first-order chi connectivity index (χ1) is 8.56. The maximum Gasteiger partial charge on any atom is 0.244 e. The second kappa shape index (κ2) is 7.00. The molecule has 0 spiro atoms. The zero-order valence-electron chi connectivity index (χ0n) is 11.8. The van der Waals surface area contributed by atoms with Gasteiger partial charge in [-0.3, -0.25) is 4.79 Å². The molecule has 0 unspecified atom stereocenters. The molecule has 0 bridgehead atoms. The van der Waals surface area contributed by atoms with Crippen molar-refractivity contribution in [3.05, 3.63) is 41.0 Å². The van der Waals surface area contributed by atoms with E-state index >= 15 is 0 Å². The van der Waals surface area contributed by atoms with E-state index in [1.165, 1.54) is 11.1 Å². The van der Waals surface area contributed by atoms with Gasteiger partial charge >= 0.3 is 0 Å². The van der Waals surface area contributed by atoms with Crippen LogP contribution in [0.1, 0.15) is 43.4 Å². The fourth-order valence-corrected chi connectivity index (χ4v) is 1.92. The second-order valence-corrected chi connectivity index (χ2v) is 4.72. The van der Waals surface area contributed by atoms with Gasteiger partial charge in [0, 0.05) is 12.1 Å². The molecule has 0 atom stereocenters. The molecule has 1 aromatic carbocycles. The Kier molecular flexibility index (Phi) is 5.63. The van der Waals surface area contributed by atoms with Crippen LogP contribution >= 0.6 is 0 Å². The first-order valence-electron chi connectivity index (χ1n) is 6.62. The molecular weight excluding hydrogens is 222 g/mol. The first-order valence-corrected chi connectivity index (χ1v) is 6.62. The molecule has 0 aromatic heterocycles. The molecule has 18 heavy (non-hydrogen) atoms. The zero-order valence-corrected chi connectivity index (χ0v) is 11.8. The molecule has 0 heterocycles. The molecule has 1 aromatic rings. The highest BCUT2D eigenvalue weighted by Gasteiger charge is 2.05. The van der Waals surface area contributed by atoms with E-state index < -0.39 is 0 Å². The highest BCUT2D eigenvalue weighted by Crippen LogP contribution is 2.12. The number of rotatable bonds is 5. The summed E-state index contributed by atoms with van der Waals surface area (Å²) in [5, 5.41) is 2.99. The normalized spacial score (nSPS) is 11.2. The van der Waals surface area contributed by atoms with E-state index in [0.29, 0.717) is 0 Å². The molecule has 0 radical (unpaired) electrons. The summed E-state index contributed by atoms with van der Waals surface area (Å²) in [6.07, 6.45) is 5.45. The van der Waals surface area contributed by atoms with Gasteiger partial charge < -0.3 is 5.32 Å². The maximum atomic E-state index is 11.7. The number of aryl methyl sites for hydroxylation is 2. The van der Waals surface area contributed by atoms with Gasteiger partial charge in [0.2, 0.25) is 5.91 Å². The molecule has 0 saturated carbocycles. The van der Waals surface area contributed by atoms with Crippen LogP contribution in [0, 0.1) is 13.8 Å². The minimum Gasteiger partial charge on any atom is -0.350 e. The van der Waals surface area contributed by atoms with Crippen LogP contribution in [-0.4, -0.2) is 11.9 Å². The van der Waals surface area contributed by atoms with Crippen molar-refractivity contribution < 1.29 is 4.79 Å². The summed E-state index contributed by atoms with van der Waals surface area (Å²) in [7, 11) is 0. The minimum absolute atomic E-state index is 0.0105. The molecule has 1 rings (SSSR count). The highest BCUT2D eigenvalue weighted by molar-refractivity contribution is 5.92. The van der Waals surface area contributed by atoms with Crippen molar-refractivity contribution in [3.8, 4) is 0 Å². The van der Waals surface area contributed by atoms with Crippen LogP contribution in [0.5, 0.6) is 0 Å². The van der Waals surface area contributed by atoms with Gasteiger partial charge in [-0.25, -0.2) is 0 Å². The lowest BCUT2D eigenvalue weighted by atomic mass is 10.1. The van der Waals surface area contributed by atoms with Crippen LogP contribution in [0.2, 0.25) is 0 Å². The standard InChI is InChI=1S/C16H23NO/c1-5-15(6-2)17-16(18)10-9-14-8-7-12(3)11-13(14)4/h7-11,15H,5-6H2,1-4H3,(H,17,18)/b10-9+. The SMILES string of the molecule is CCC(CC)NC(=O)/C=C/c1ccc(C)cc1C. The van der Waals surface area contributed by atoms with Gasteiger partial charge in [0.1, 0.15) is 0 Å². The largest absolute Gasteiger partial charge is 0.350 e. The van der Waals surface area contributed by atoms with E-state index in [-0.39, 0.29) is 11.9 Å². The molecule has 98 valence electrons. The number of hydrogen-bond acceptors (Lipinski definition) is 1. The molecule has 2 nitrogen and oxygen atoms in total. The van der Waals surface area contributed by atoms with Crippen LogP contribution in [0.3, 0.4) is 0 Å². The summed E-state index contributed by atoms with van der Waals surface area (Å²) >= 11 is 0. The molecule has 0 aliphatic carbocycles. The molecule has 0 aliphatic heterocycles. The smallest absolute Gasteiger partial charge is 0.244 e. The third-order valence-corrected chi connectivity index (χ3v) is 3.17. The minimum atomic E-state index is -0.0105. The van der Waals surface area contributed by atoms with Gasteiger partial charge in [-0.15, -0.1) is 0 Å². The van der Waals surface area contributed by atoms with E-state index in [0.717, 1.165) is 18.4 Å². The Balaban J connectivity index is 2.66. The van der Waals surface area contributed by atoms with Gasteiger partial charge in [-0.05, 0) is 43.9 Å². The lowest BCUT2D eigenvalue weighted by molar-refractivity contribution is -0.117. The first kappa shape index (κ1) is 14.5. The Morgan fingerprint density at radius 1 is 1.28 bits per heavy atom. The summed E-state index contributed by atoms with van der Waals surface area (Å²) in [4.78, 5) is 11.7. The van der Waals surface area contributed by atoms with Crippen molar-refractivity contribution in [2.45, 2.75) is 46.6 Å². The number of carbonyl (C=O) groups excluding carboxylic acids is 1. The number of amides is 1. The van der Waals surface area contributed by atoms with Crippen LogP contribution < -0.4 is 5.32 Å². The lowest BCUT2D eigenvalue weighted by Crippen LogP contribution is -2.32. The van der Waals surface area contributed by atoms with Crippen molar-refractivity contribution >= 4 is 12.0 Å². The highest BCUT2D eigenvalue weighted by atomic mass is 16.1. The summed E-state index contributed by atoms with van der Waals surface area (Å²) < 4.78 is 0. The molecule has 0 saturated heterocycles. The van der Waals surface area contributed by atoms with Gasteiger partial charge in [-0.2, -0.15) is 0 Å². The average molecular weight is 245 g/mol. The van der Waals surface area contributed by atoms with E-state index in [4.69, 9.17) is 0 Å². The summed E-state index contributed by atoms with van der Waals surface area (Å²) in [6.45, 7) is 8.30. The summed E-state index contributed by atoms with van der Waals surface area (Å²) in [5.74, 6) is -0.0105. The van der Waals surface area contributed by atoms with E-state index in [1.807, 2.05) is 12.1 Å². The van der Waals surface area contributed by atoms with E-state index in [9.17, 15) is 4.79 Å². The number of nitrogens with one attached hydrogen (secondary N) is 1. The van der Waals surface area contributed by atoms with Gasteiger partial charge in [0.05, 0.1) is 0 Å². The Bertz CT molecular complexity index is 431. The Morgan fingerprint density at radius 2 is 1.94 bits per heavy atom. The Labute approximate surface area is 110 Å². The van der Waals surface area contributed by atoms with Crippen LogP contribution in [0.25, 0.3) is 6.08 Å². The predicted molar refractivity (Wildman–Crippen MR) is 77.5 cm³/mol. The molecule has 0 fully saturated rings. The van der Waals surface area contributed by atoms with E-state index in [1.54, 1.807) is 6.08 Å². The van der Waals surface area contributed by atoms with Crippen molar-refractivity contribution in [2.24, 2.45) is 0 Å². The Morgan fingerprint density at radius 3 is 2.50 bits per heavy atom. The van der Waals surface area contributed by atoms with Crippen LogP contribution in [-0.2, 0) is 4.79 Å². The third-order valence-electron chi connectivity index (χ3n) is 3.17. The monoisotopic (exact) mass is 245 g/mol. The summed E-state index contributed by atoms with van der Waals surface area (Å²) in [6, 6.07) is 6.51. The van der Waals surface area contributed by atoms with Crippen molar-refractivity contribution in [2.75, 3.05) is 0 Å². The van der Waals surface area contributed by atoms with E-state index in [2.05, 4.69) is 45.1 Å². The number of carbonyl (C=O) groups is 1. The average Bonchev–Trinajstić information content (AvgIpc) is 2.35. The fourth-order valence-electron chi connectivity index (χ4n) is 1.92. The second-order valence-electron chi connectivity index (χ2n) is 4.72. The van der Waals surface area contributed by atoms with Crippen LogP contribution in [0.4, 0.5) is 0 Å². The Hall–Kier alpha value is -1.57. The van der Waals surface area contributed by atoms with Gasteiger partial charge in [-0.1, -0.05) is 37.6 Å². The number of hydrogen-bond donors (Lipinski definition) is 1. The van der Waals surface area contributed by atoms with Crippen molar-refractivity contribution in [1.82, 2.24) is 5.32 Å². The molecule has 0 aliphatic rings. The van der Waals surface area contributed by atoms with Gasteiger partial charge in [0.25, 0.3) is 0 Å². The predicted octanol–water partition coefficient (Wildman–Crippen LogP) is 3.62. The zero-order chi connectivity index (χ0) is 13.5. The topological polar surface area (TPSA) is 29.1 Å². The number of benzene rings is 1. The maximum absolute atomic E-state index is 11.7. The van der Waals surface area contributed by atoms with Crippen molar-refractivity contribution in [1.29, 1.82) is 0 Å². The molecule has 1 amide bonds. The molecular formula is C16H23NO. The van der Waals surface area contributed by atoms with Crippen molar-refractivity contribution in [3.63, 3.8) is 0 Å². The quantitative estimate of drug-likeness (QED) is 0.789. The third kappa shape index (κ3) is 4.36. The summed E-state index contributed by atoms with van der Waals surface area (Å²) in [5.41, 5.74) is 3.54. The van der Waals surface area contributed by atoms with Gasteiger partial charge in [0.15, 0.2) is 0 Å². The van der Waals surface area contributed by atoms with Crippen LogP contribution in [0.15, 0.2) is 24.3 Å². The fraction of sp³-hybridized carbons (Fsp3) is 0.438. The molecule has 2 heteroatoms. The molecule has 1 N–H and O–H groups in total. The lowest BCUT2D eigenvalue weighted by Gasteiger charge is -2.12.